The first kappa shape index (κ1) is 18.0. The van der Waals surface area contributed by atoms with Crippen molar-refractivity contribution in [1.29, 1.82) is 0 Å². The van der Waals surface area contributed by atoms with Crippen molar-refractivity contribution in [3.8, 4) is 5.75 Å². The van der Waals surface area contributed by atoms with E-state index in [0.29, 0.717) is 18.9 Å². The molecule has 1 rings (SSSR count). The second-order valence-corrected chi connectivity index (χ2v) is 7.25. The van der Waals surface area contributed by atoms with E-state index in [1.54, 1.807) is 13.8 Å². The van der Waals surface area contributed by atoms with Crippen molar-refractivity contribution in [2.45, 2.75) is 52.9 Å². The second kappa shape index (κ2) is 7.83. The van der Waals surface area contributed by atoms with Gasteiger partial charge in [0, 0.05) is 4.47 Å². The number of aliphatic carboxylic acids is 1. The number of hydrogen-bond acceptors (Lipinski definition) is 2. The highest BCUT2D eigenvalue weighted by atomic mass is 79.9. The van der Waals surface area contributed by atoms with Crippen LogP contribution in [-0.4, -0.2) is 17.7 Å². The van der Waals surface area contributed by atoms with E-state index < -0.39 is 11.4 Å². The molecule has 0 saturated heterocycles. The summed E-state index contributed by atoms with van der Waals surface area (Å²) in [5, 5.41) is 9.06. The molecule has 0 aliphatic carbocycles. The molecule has 0 saturated carbocycles. The molecule has 0 aliphatic rings. The Kier molecular flexibility index (Phi) is 6.72. The van der Waals surface area contributed by atoms with Crippen LogP contribution in [0.2, 0.25) is 0 Å². The summed E-state index contributed by atoms with van der Waals surface area (Å²) in [5.74, 6) is 0.590. The Labute approximate surface area is 135 Å². The topological polar surface area (TPSA) is 46.5 Å². The van der Waals surface area contributed by atoms with E-state index in [0.717, 1.165) is 23.1 Å². The molecule has 3 nitrogen and oxygen atoms in total. The van der Waals surface area contributed by atoms with E-state index in [9.17, 15) is 4.79 Å². The molecule has 1 aromatic rings. The molecule has 0 aliphatic heterocycles. The maximum atomic E-state index is 11.0. The van der Waals surface area contributed by atoms with Crippen molar-refractivity contribution >= 4 is 21.9 Å². The molecule has 1 N–H and O–H groups in total. The minimum absolute atomic E-state index is 0.406. The summed E-state index contributed by atoms with van der Waals surface area (Å²) >= 11 is 3.48. The Morgan fingerprint density at radius 3 is 2.57 bits per heavy atom. The summed E-state index contributed by atoms with van der Waals surface area (Å²) in [6.45, 7) is 8.44. The van der Waals surface area contributed by atoms with Crippen LogP contribution in [0.25, 0.3) is 0 Å². The summed E-state index contributed by atoms with van der Waals surface area (Å²) in [5.41, 5.74) is 0.538. The molecule has 4 heteroatoms. The van der Waals surface area contributed by atoms with Gasteiger partial charge in [0.25, 0.3) is 0 Å². The first-order valence-corrected chi connectivity index (χ1v) is 8.19. The summed E-state index contributed by atoms with van der Waals surface area (Å²) in [6, 6.07) is 6.06. The summed E-state index contributed by atoms with van der Waals surface area (Å²) < 4.78 is 6.92. The molecule has 0 bridgehead atoms. The van der Waals surface area contributed by atoms with Gasteiger partial charge >= 0.3 is 5.97 Å². The Bertz CT molecular complexity index is 481. The predicted molar refractivity (Wildman–Crippen MR) is 89.0 cm³/mol. The molecule has 0 aromatic heterocycles. The van der Waals surface area contributed by atoms with Gasteiger partial charge in [-0.2, -0.15) is 0 Å². The van der Waals surface area contributed by atoms with E-state index in [1.165, 1.54) is 5.56 Å². The zero-order chi connectivity index (χ0) is 16.0. The van der Waals surface area contributed by atoms with Crippen LogP contribution in [-0.2, 0) is 4.79 Å². The quantitative estimate of drug-likeness (QED) is 0.648. The third-order valence-electron chi connectivity index (χ3n) is 3.63. The highest BCUT2D eigenvalue weighted by molar-refractivity contribution is 9.10. The molecule has 0 atom stereocenters. The third kappa shape index (κ3) is 5.70. The molecule has 118 valence electrons. The molecule has 0 heterocycles. The van der Waals surface area contributed by atoms with E-state index in [1.807, 2.05) is 12.1 Å². The Balaban J connectivity index is 2.45. The largest absolute Gasteiger partial charge is 0.493 e. The lowest BCUT2D eigenvalue weighted by Gasteiger charge is -2.19. The van der Waals surface area contributed by atoms with Gasteiger partial charge in [0.2, 0.25) is 0 Å². The van der Waals surface area contributed by atoms with Gasteiger partial charge in [-0.25, -0.2) is 0 Å². The van der Waals surface area contributed by atoms with E-state index >= 15 is 0 Å². The Morgan fingerprint density at radius 1 is 1.33 bits per heavy atom. The standard InChI is InChI=1S/C17H25BrO3/c1-12(2)14-11-13(18)7-8-15(14)21-10-6-5-9-17(3,4)16(19)20/h7-8,11-12H,5-6,9-10H2,1-4H3,(H,19,20). The number of rotatable bonds is 8. The van der Waals surface area contributed by atoms with E-state index in [2.05, 4.69) is 35.8 Å². The van der Waals surface area contributed by atoms with Crippen LogP contribution in [0.4, 0.5) is 0 Å². The van der Waals surface area contributed by atoms with Gasteiger partial charge in [0.15, 0.2) is 0 Å². The lowest BCUT2D eigenvalue weighted by atomic mass is 9.87. The SMILES string of the molecule is CC(C)c1cc(Br)ccc1OCCCCC(C)(C)C(=O)O. The Morgan fingerprint density at radius 2 is 2.00 bits per heavy atom. The number of benzene rings is 1. The summed E-state index contributed by atoms with van der Waals surface area (Å²) in [4.78, 5) is 11.0. The average molecular weight is 357 g/mol. The van der Waals surface area contributed by atoms with Crippen molar-refractivity contribution in [3.63, 3.8) is 0 Å². The normalized spacial score (nSPS) is 11.7. The van der Waals surface area contributed by atoms with Crippen LogP contribution in [0.1, 0.15) is 58.4 Å². The van der Waals surface area contributed by atoms with Crippen LogP contribution in [0.15, 0.2) is 22.7 Å². The van der Waals surface area contributed by atoms with Crippen LogP contribution < -0.4 is 4.74 Å². The smallest absolute Gasteiger partial charge is 0.309 e. The highest BCUT2D eigenvalue weighted by Gasteiger charge is 2.25. The zero-order valence-electron chi connectivity index (χ0n) is 13.3. The van der Waals surface area contributed by atoms with Crippen molar-refractivity contribution in [1.82, 2.24) is 0 Å². The fourth-order valence-corrected chi connectivity index (χ4v) is 2.44. The number of hydrogen-bond donors (Lipinski definition) is 1. The van der Waals surface area contributed by atoms with Crippen molar-refractivity contribution < 1.29 is 14.6 Å². The van der Waals surface area contributed by atoms with Crippen molar-refractivity contribution in [2.75, 3.05) is 6.61 Å². The first-order chi connectivity index (χ1) is 9.74. The third-order valence-corrected chi connectivity index (χ3v) is 4.12. The molecule has 21 heavy (non-hydrogen) atoms. The van der Waals surface area contributed by atoms with Gasteiger partial charge in [0.1, 0.15) is 5.75 Å². The number of unbranched alkanes of at least 4 members (excludes halogenated alkanes) is 1. The maximum Gasteiger partial charge on any atom is 0.309 e. The molecular weight excluding hydrogens is 332 g/mol. The Hall–Kier alpha value is -1.03. The van der Waals surface area contributed by atoms with Gasteiger partial charge in [-0.1, -0.05) is 29.8 Å². The maximum absolute atomic E-state index is 11.0. The lowest BCUT2D eigenvalue weighted by molar-refractivity contribution is -0.147. The van der Waals surface area contributed by atoms with Gasteiger partial charge in [-0.05, 0) is 62.8 Å². The van der Waals surface area contributed by atoms with Crippen LogP contribution >= 0.6 is 15.9 Å². The fourth-order valence-electron chi connectivity index (χ4n) is 2.06. The molecule has 0 amide bonds. The van der Waals surface area contributed by atoms with Gasteiger partial charge in [-0.3, -0.25) is 4.79 Å². The van der Waals surface area contributed by atoms with E-state index in [4.69, 9.17) is 9.84 Å². The second-order valence-electron chi connectivity index (χ2n) is 6.33. The number of carboxylic acids is 1. The molecule has 0 unspecified atom stereocenters. The summed E-state index contributed by atoms with van der Waals surface area (Å²) in [6.07, 6.45) is 2.39. The number of carbonyl (C=O) groups is 1. The molecule has 0 spiro atoms. The minimum Gasteiger partial charge on any atom is -0.493 e. The van der Waals surface area contributed by atoms with Crippen molar-refractivity contribution in [3.05, 3.63) is 28.2 Å². The molecule has 0 radical (unpaired) electrons. The number of ether oxygens (including phenoxy) is 1. The number of carboxylic acid groups (broad SMARTS) is 1. The molecule has 0 fully saturated rings. The molecular formula is C17H25BrO3. The van der Waals surface area contributed by atoms with Crippen molar-refractivity contribution in [2.24, 2.45) is 5.41 Å². The lowest BCUT2D eigenvalue weighted by Crippen LogP contribution is -2.23. The number of halogens is 1. The van der Waals surface area contributed by atoms with Gasteiger partial charge in [0.05, 0.1) is 12.0 Å². The van der Waals surface area contributed by atoms with Gasteiger partial charge < -0.3 is 9.84 Å². The molecule has 1 aromatic carbocycles. The zero-order valence-corrected chi connectivity index (χ0v) is 14.9. The summed E-state index contributed by atoms with van der Waals surface area (Å²) in [7, 11) is 0. The van der Waals surface area contributed by atoms with Gasteiger partial charge in [-0.15, -0.1) is 0 Å². The fraction of sp³-hybridized carbons (Fsp3) is 0.588. The average Bonchev–Trinajstić information content (AvgIpc) is 2.39. The minimum atomic E-state index is -0.738. The predicted octanol–water partition coefficient (Wildman–Crippen LogP) is 5.23. The highest BCUT2D eigenvalue weighted by Crippen LogP contribution is 2.30. The van der Waals surface area contributed by atoms with Crippen LogP contribution in [0.5, 0.6) is 5.75 Å². The van der Waals surface area contributed by atoms with E-state index in [-0.39, 0.29) is 0 Å². The van der Waals surface area contributed by atoms with Crippen LogP contribution in [0.3, 0.4) is 0 Å². The van der Waals surface area contributed by atoms with Crippen LogP contribution in [0, 0.1) is 5.41 Å². The monoisotopic (exact) mass is 356 g/mol. The first-order valence-electron chi connectivity index (χ1n) is 7.39.